The zero-order chi connectivity index (χ0) is 24.3. The first-order valence-corrected chi connectivity index (χ1v) is 11.3. The standard InChI is InChI=1S/C25H26N8O2/c1-17(2)23(34)32-25(8-3-4-9-29-25)22-21-18(7-10-26-22)15-28-24(31-21)30-19-5-6-20(27-16-19)33-11-13-35-14-12-33/h3-10,15-16,29H,1,11-14H2,2H3,(H,32,34)(H,28,30,31). The Hall–Kier alpha value is -4.31. The normalized spacial score (nSPS) is 19.3. The van der Waals surface area contributed by atoms with Gasteiger partial charge in [0.25, 0.3) is 0 Å². The van der Waals surface area contributed by atoms with E-state index in [2.05, 4.69) is 42.4 Å². The van der Waals surface area contributed by atoms with E-state index in [-0.39, 0.29) is 5.91 Å². The van der Waals surface area contributed by atoms with Crippen LogP contribution in [-0.4, -0.2) is 52.1 Å². The Morgan fingerprint density at radius 1 is 1.14 bits per heavy atom. The zero-order valence-electron chi connectivity index (χ0n) is 19.4. The number of amides is 1. The van der Waals surface area contributed by atoms with Crippen molar-refractivity contribution in [1.29, 1.82) is 0 Å². The van der Waals surface area contributed by atoms with Crippen LogP contribution in [0, 0.1) is 0 Å². The number of ether oxygens (including phenoxy) is 1. The molecule has 0 aliphatic carbocycles. The fourth-order valence-electron chi connectivity index (χ4n) is 3.93. The van der Waals surface area contributed by atoms with Crippen LogP contribution in [0.25, 0.3) is 10.9 Å². The minimum Gasteiger partial charge on any atom is -0.378 e. The van der Waals surface area contributed by atoms with Gasteiger partial charge < -0.3 is 25.6 Å². The molecule has 10 heteroatoms. The highest BCUT2D eigenvalue weighted by Crippen LogP contribution is 2.28. The Morgan fingerprint density at radius 2 is 2.00 bits per heavy atom. The van der Waals surface area contributed by atoms with E-state index in [1.54, 1.807) is 31.7 Å². The minimum atomic E-state index is -1.09. The summed E-state index contributed by atoms with van der Waals surface area (Å²) in [5.74, 6) is 1.00. The van der Waals surface area contributed by atoms with E-state index in [4.69, 9.17) is 9.72 Å². The topological polar surface area (TPSA) is 117 Å². The smallest absolute Gasteiger partial charge is 0.248 e. The molecule has 3 aromatic heterocycles. The number of aromatic nitrogens is 4. The maximum absolute atomic E-state index is 12.6. The van der Waals surface area contributed by atoms with Gasteiger partial charge in [-0.05, 0) is 43.5 Å². The van der Waals surface area contributed by atoms with Gasteiger partial charge in [-0.1, -0.05) is 12.7 Å². The second-order valence-electron chi connectivity index (χ2n) is 8.33. The van der Waals surface area contributed by atoms with Crippen LogP contribution in [0.2, 0.25) is 0 Å². The molecule has 1 amide bonds. The zero-order valence-corrected chi connectivity index (χ0v) is 19.4. The highest BCUT2D eigenvalue weighted by molar-refractivity contribution is 5.93. The summed E-state index contributed by atoms with van der Waals surface area (Å²) >= 11 is 0. The van der Waals surface area contributed by atoms with Crippen LogP contribution >= 0.6 is 0 Å². The van der Waals surface area contributed by atoms with Crippen LogP contribution in [0.1, 0.15) is 12.6 Å². The lowest BCUT2D eigenvalue weighted by atomic mass is 9.99. The molecular formula is C25H26N8O2. The molecule has 1 fully saturated rings. The predicted molar refractivity (Wildman–Crippen MR) is 134 cm³/mol. The van der Waals surface area contributed by atoms with Gasteiger partial charge in [0.2, 0.25) is 11.9 Å². The molecule has 5 heterocycles. The number of nitrogens with one attached hydrogen (secondary N) is 3. The molecule has 0 radical (unpaired) electrons. The summed E-state index contributed by atoms with van der Waals surface area (Å²) in [5, 5.41) is 10.2. The fraction of sp³-hybridized carbons (Fsp3) is 0.240. The van der Waals surface area contributed by atoms with Gasteiger partial charge in [0.05, 0.1) is 25.1 Å². The first-order chi connectivity index (χ1) is 17.0. The number of pyridine rings is 2. The maximum Gasteiger partial charge on any atom is 0.248 e. The molecule has 2 aliphatic rings. The molecule has 10 nitrogen and oxygen atoms in total. The van der Waals surface area contributed by atoms with Crippen molar-refractivity contribution in [2.24, 2.45) is 0 Å². The van der Waals surface area contributed by atoms with Crippen molar-refractivity contribution >= 4 is 34.3 Å². The molecule has 1 saturated heterocycles. The third-order valence-corrected chi connectivity index (χ3v) is 5.77. The van der Waals surface area contributed by atoms with Crippen LogP contribution in [-0.2, 0) is 15.2 Å². The van der Waals surface area contributed by atoms with Crippen molar-refractivity contribution in [3.8, 4) is 0 Å². The third-order valence-electron chi connectivity index (χ3n) is 5.77. The molecule has 3 aromatic rings. The van der Waals surface area contributed by atoms with Crippen molar-refractivity contribution in [3.63, 3.8) is 0 Å². The van der Waals surface area contributed by atoms with Crippen molar-refractivity contribution in [2.75, 3.05) is 36.5 Å². The molecule has 5 rings (SSSR count). The van der Waals surface area contributed by atoms with Crippen LogP contribution in [0.3, 0.4) is 0 Å². The van der Waals surface area contributed by atoms with Gasteiger partial charge >= 0.3 is 0 Å². The molecule has 0 aromatic carbocycles. The summed E-state index contributed by atoms with van der Waals surface area (Å²) in [6.07, 6.45) is 12.4. The maximum atomic E-state index is 12.6. The minimum absolute atomic E-state index is 0.296. The summed E-state index contributed by atoms with van der Waals surface area (Å²) in [4.78, 5) is 33.1. The van der Waals surface area contributed by atoms with E-state index in [1.165, 1.54) is 0 Å². The van der Waals surface area contributed by atoms with Crippen molar-refractivity contribution in [1.82, 2.24) is 30.6 Å². The molecule has 0 spiro atoms. The number of carbonyl (C=O) groups excluding carboxylic acids is 1. The van der Waals surface area contributed by atoms with Crippen LogP contribution in [0.4, 0.5) is 17.5 Å². The average Bonchev–Trinajstić information content (AvgIpc) is 2.89. The number of morpholine rings is 1. The Labute approximate surface area is 202 Å². The molecule has 3 N–H and O–H groups in total. The van der Waals surface area contributed by atoms with E-state index in [1.807, 2.05) is 36.4 Å². The molecule has 178 valence electrons. The third kappa shape index (κ3) is 4.69. The second-order valence-corrected chi connectivity index (χ2v) is 8.33. The van der Waals surface area contributed by atoms with Gasteiger partial charge in [0, 0.05) is 36.4 Å². The fourth-order valence-corrected chi connectivity index (χ4v) is 3.93. The summed E-state index contributed by atoms with van der Waals surface area (Å²) < 4.78 is 5.41. The molecular weight excluding hydrogens is 444 g/mol. The lowest BCUT2D eigenvalue weighted by Gasteiger charge is -2.33. The van der Waals surface area contributed by atoms with Crippen LogP contribution < -0.4 is 20.9 Å². The number of hydrogen-bond donors (Lipinski definition) is 3. The van der Waals surface area contributed by atoms with E-state index >= 15 is 0 Å². The van der Waals surface area contributed by atoms with E-state index in [0.29, 0.717) is 35.9 Å². The summed E-state index contributed by atoms with van der Waals surface area (Å²) in [6.45, 7) is 8.47. The summed E-state index contributed by atoms with van der Waals surface area (Å²) in [7, 11) is 0. The second kappa shape index (κ2) is 9.51. The van der Waals surface area contributed by atoms with Gasteiger partial charge in [-0.25, -0.2) is 15.0 Å². The van der Waals surface area contributed by atoms with Gasteiger partial charge in [-0.2, -0.15) is 0 Å². The van der Waals surface area contributed by atoms with Crippen LogP contribution in [0.5, 0.6) is 0 Å². The Bertz CT molecular complexity index is 1310. The van der Waals surface area contributed by atoms with E-state index < -0.39 is 5.66 Å². The molecule has 1 unspecified atom stereocenters. The van der Waals surface area contributed by atoms with E-state index in [9.17, 15) is 4.79 Å². The number of hydrogen-bond acceptors (Lipinski definition) is 9. The lowest BCUT2D eigenvalue weighted by Crippen LogP contribution is -2.54. The highest BCUT2D eigenvalue weighted by atomic mass is 16.5. The van der Waals surface area contributed by atoms with Crippen molar-refractivity contribution < 1.29 is 9.53 Å². The van der Waals surface area contributed by atoms with Gasteiger partial charge in [0.15, 0.2) is 5.66 Å². The van der Waals surface area contributed by atoms with Gasteiger partial charge in [0.1, 0.15) is 17.0 Å². The molecule has 0 saturated carbocycles. The molecule has 35 heavy (non-hydrogen) atoms. The first kappa shape index (κ1) is 22.5. The molecule has 0 bridgehead atoms. The average molecular weight is 471 g/mol. The number of nitrogens with zero attached hydrogens (tertiary/aromatic N) is 5. The summed E-state index contributed by atoms with van der Waals surface area (Å²) in [5.41, 5.74) is 1.20. The largest absolute Gasteiger partial charge is 0.378 e. The number of fused-ring (bicyclic) bond motifs is 1. The highest BCUT2D eigenvalue weighted by Gasteiger charge is 2.35. The number of anilines is 3. The van der Waals surface area contributed by atoms with Crippen LogP contribution in [0.15, 0.2) is 73.4 Å². The van der Waals surface area contributed by atoms with Gasteiger partial charge in [-0.3, -0.25) is 9.78 Å². The summed E-state index contributed by atoms with van der Waals surface area (Å²) in [6, 6.07) is 5.74. The lowest BCUT2D eigenvalue weighted by molar-refractivity contribution is -0.119. The molecule has 1 atom stereocenters. The number of allylic oxidation sites excluding steroid dienone is 2. The number of carbonyl (C=O) groups is 1. The first-order valence-electron chi connectivity index (χ1n) is 11.3. The predicted octanol–water partition coefficient (Wildman–Crippen LogP) is 2.52. The number of rotatable bonds is 6. The molecule has 2 aliphatic heterocycles. The Kier molecular flexibility index (Phi) is 6.11. The van der Waals surface area contributed by atoms with E-state index in [0.717, 1.165) is 30.0 Å². The van der Waals surface area contributed by atoms with Crippen molar-refractivity contribution in [3.05, 3.63) is 79.1 Å². The Morgan fingerprint density at radius 3 is 2.71 bits per heavy atom. The Balaban J connectivity index is 1.46. The SMILES string of the molecule is C=C(C)C(=O)NC1(c2nccc3cnc(Nc4ccc(N5CCOCC5)nc4)nc23)C=CC=CN1. The van der Waals surface area contributed by atoms with Gasteiger partial charge in [-0.15, -0.1) is 0 Å². The monoisotopic (exact) mass is 470 g/mol. The van der Waals surface area contributed by atoms with Crippen molar-refractivity contribution in [2.45, 2.75) is 12.6 Å². The quantitative estimate of drug-likeness (QED) is 0.467. The number of dihydropyridines is 1.